The molecule has 2 amide bonds. The highest BCUT2D eigenvalue weighted by Gasteiger charge is 2.34. The summed E-state index contributed by atoms with van der Waals surface area (Å²) in [7, 11) is 3.43. The van der Waals surface area contributed by atoms with Crippen LogP contribution in [0.5, 0.6) is 0 Å². The predicted octanol–water partition coefficient (Wildman–Crippen LogP) is 0.590. The second-order valence-electron chi connectivity index (χ2n) is 6.03. The van der Waals surface area contributed by atoms with Crippen molar-refractivity contribution in [2.45, 2.75) is 39.2 Å². The lowest BCUT2D eigenvalue weighted by Gasteiger charge is -2.36. The minimum atomic E-state index is -0.0133. The Morgan fingerprint density at radius 3 is 2.42 bits per heavy atom. The average Bonchev–Trinajstić information content (AvgIpc) is 2.33. The van der Waals surface area contributed by atoms with Gasteiger partial charge in [-0.1, -0.05) is 13.8 Å². The molecule has 1 rings (SSSR count). The molecule has 0 aromatic rings. The molecular weight excluding hydrogens is 242 g/mol. The maximum absolute atomic E-state index is 12.1. The summed E-state index contributed by atoms with van der Waals surface area (Å²) >= 11 is 0. The summed E-state index contributed by atoms with van der Waals surface area (Å²) in [5, 5.41) is 2.86. The lowest BCUT2D eigenvalue weighted by Crippen LogP contribution is -2.45. The van der Waals surface area contributed by atoms with Crippen molar-refractivity contribution in [1.82, 2.24) is 10.2 Å². The topological polar surface area (TPSA) is 75.4 Å². The fourth-order valence-electron chi connectivity index (χ4n) is 2.70. The molecule has 0 heterocycles. The maximum atomic E-state index is 12.1. The number of rotatable bonds is 4. The monoisotopic (exact) mass is 269 g/mol. The van der Waals surface area contributed by atoms with Crippen molar-refractivity contribution in [3.63, 3.8) is 0 Å². The molecule has 3 N–H and O–H groups in total. The van der Waals surface area contributed by atoms with E-state index in [0.717, 1.165) is 12.8 Å². The Hall–Kier alpha value is -1.10. The van der Waals surface area contributed by atoms with Crippen LogP contribution in [0.15, 0.2) is 0 Å². The number of nitrogens with one attached hydrogen (secondary N) is 1. The van der Waals surface area contributed by atoms with Gasteiger partial charge in [0.05, 0.1) is 0 Å². The van der Waals surface area contributed by atoms with Crippen molar-refractivity contribution in [2.24, 2.45) is 23.5 Å². The maximum Gasteiger partial charge on any atom is 0.223 e. The van der Waals surface area contributed by atoms with Gasteiger partial charge in [-0.2, -0.15) is 0 Å². The van der Waals surface area contributed by atoms with Gasteiger partial charge in [-0.3, -0.25) is 9.59 Å². The van der Waals surface area contributed by atoms with Gasteiger partial charge < -0.3 is 16.0 Å². The highest BCUT2D eigenvalue weighted by Crippen LogP contribution is 2.32. The summed E-state index contributed by atoms with van der Waals surface area (Å²) in [4.78, 5) is 25.1. The van der Waals surface area contributed by atoms with E-state index in [-0.39, 0.29) is 23.8 Å². The molecule has 0 radical (unpaired) electrons. The van der Waals surface area contributed by atoms with Gasteiger partial charge in [0.25, 0.3) is 0 Å². The number of nitrogens with zero attached hydrogens (tertiary/aromatic N) is 1. The molecule has 110 valence electrons. The second-order valence-corrected chi connectivity index (χ2v) is 6.03. The lowest BCUT2D eigenvalue weighted by molar-refractivity contribution is -0.129. The van der Waals surface area contributed by atoms with Gasteiger partial charge in [0.1, 0.15) is 0 Å². The Balaban J connectivity index is 2.39. The number of hydrogen-bond donors (Lipinski definition) is 2. The first kappa shape index (κ1) is 16.0. The molecule has 4 unspecified atom stereocenters. The van der Waals surface area contributed by atoms with Crippen LogP contribution in [-0.4, -0.2) is 43.4 Å². The van der Waals surface area contributed by atoms with Crippen LogP contribution in [0.25, 0.3) is 0 Å². The third-order valence-electron chi connectivity index (χ3n) is 4.16. The van der Waals surface area contributed by atoms with Crippen molar-refractivity contribution in [3.05, 3.63) is 0 Å². The van der Waals surface area contributed by atoms with E-state index >= 15 is 0 Å². The van der Waals surface area contributed by atoms with Crippen LogP contribution < -0.4 is 11.1 Å². The van der Waals surface area contributed by atoms with E-state index in [1.165, 1.54) is 4.90 Å². The fourth-order valence-corrected chi connectivity index (χ4v) is 2.70. The molecule has 1 fully saturated rings. The van der Waals surface area contributed by atoms with Gasteiger partial charge in [0.15, 0.2) is 0 Å². The Labute approximate surface area is 115 Å². The van der Waals surface area contributed by atoms with E-state index < -0.39 is 0 Å². The summed E-state index contributed by atoms with van der Waals surface area (Å²) < 4.78 is 0. The number of amides is 2. The minimum Gasteiger partial charge on any atom is -0.355 e. The van der Waals surface area contributed by atoms with Gasteiger partial charge >= 0.3 is 0 Å². The van der Waals surface area contributed by atoms with Crippen molar-refractivity contribution >= 4 is 11.8 Å². The number of nitrogens with two attached hydrogens (primary N) is 1. The molecule has 1 saturated carbocycles. The van der Waals surface area contributed by atoms with Gasteiger partial charge in [-0.25, -0.2) is 0 Å². The first-order valence-electron chi connectivity index (χ1n) is 7.06. The molecule has 0 aromatic carbocycles. The van der Waals surface area contributed by atoms with Crippen molar-refractivity contribution in [2.75, 3.05) is 20.6 Å². The minimum absolute atomic E-state index is 0.0133. The van der Waals surface area contributed by atoms with Crippen LogP contribution in [0.2, 0.25) is 0 Å². The number of hydrogen-bond acceptors (Lipinski definition) is 3. The first-order chi connectivity index (χ1) is 8.82. The van der Waals surface area contributed by atoms with E-state index in [1.54, 1.807) is 14.1 Å². The molecule has 19 heavy (non-hydrogen) atoms. The molecule has 0 spiro atoms. The predicted molar refractivity (Wildman–Crippen MR) is 75.3 cm³/mol. The SMILES string of the molecule is CC1CC(C)C(C(=O)NCCC(=O)N(C)C)CC1N. The van der Waals surface area contributed by atoms with Gasteiger partial charge in [-0.15, -0.1) is 0 Å². The van der Waals surface area contributed by atoms with Crippen LogP contribution in [0, 0.1) is 17.8 Å². The molecule has 4 atom stereocenters. The van der Waals surface area contributed by atoms with E-state index in [9.17, 15) is 9.59 Å². The van der Waals surface area contributed by atoms with E-state index in [0.29, 0.717) is 24.8 Å². The Morgan fingerprint density at radius 1 is 1.21 bits per heavy atom. The highest BCUT2D eigenvalue weighted by molar-refractivity contribution is 5.80. The molecule has 0 aliphatic heterocycles. The molecule has 5 heteroatoms. The molecular formula is C14H27N3O2. The summed E-state index contributed by atoms with van der Waals surface area (Å²) in [5.41, 5.74) is 6.04. The Bertz CT molecular complexity index is 331. The molecule has 0 aromatic heterocycles. The fraction of sp³-hybridized carbons (Fsp3) is 0.857. The molecule has 0 saturated heterocycles. The molecule has 1 aliphatic carbocycles. The zero-order chi connectivity index (χ0) is 14.6. The third kappa shape index (κ3) is 4.49. The van der Waals surface area contributed by atoms with Crippen LogP contribution >= 0.6 is 0 Å². The Morgan fingerprint density at radius 2 is 1.84 bits per heavy atom. The van der Waals surface area contributed by atoms with Crippen molar-refractivity contribution < 1.29 is 9.59 Å². The van der Waals surface area contributed by atoms with Gasteiger partial charge in [0.2, 0.25) is 11.8 Å². The molecule has 5 nitrogen and oxygen atoms in total. The standard InChI is InChI=1S/C14H27N3O2/c1-9-7-10(2)12(15)8-11(9)14(19)16-6-5-13(18)17(3)4/h9-12H,5-8,15H2,1-4H3,(H,16,19). The Kier molecular flexibility index (Phi) is 5.79. The quantitative estimate of drug-likeness (QED) is 0.784. The summed E-state index contributed by atoms with van der Waals surface area (Å²) in [5.74, 6) is 0.901. The van der Waals surface area contributed by atoms with Crippen LogP contribution in [0.1, 0.15) is 33.1 Å². The van der Waals surface area contributed by atoms with Crippen LogP contribution in [-0.2, 0) is 9.59 Å². The largest absolute Gasteiger partial charge is 0.355 e. The summed E-state index contributed by atoms with van der Waals surface area (Å²) in [6.07, 6.45) is 2.09. The van der Waals surface area contributed by atoms with Crippen LogP contribution in [0.3, 0.4) is 0 Å². The highest BCUT2D eigenvalue weighted by atomic mass is 16.2. The first-order valence-corrected chi connectivity index (χ1v) is 7.06. The smallest absolute Gasteiger partial charge is 0.223 e. The zero-order valence-electron chi connectivity index (χ0n) is 12.5. The number of carbonyl (C=O) groups is 2. The van der Waals surface area contributed by atoms with Crippen LogP contribution in [0.4, 0.5) is 0 Å². The zero-order valence-corrected chi connectivity index (χ0v) is 12.5. The van der Waals surface area contributed by atoms with Gasteiger partial charge in [0, 0.05) is 39.0 Å². The van der Waals surface area contributed by atoms with E-state index in [4.69, 9.17) is 5.73 Å². The summed E-state index contributed by atoms with van der Waals surface area (Å²) in [6, 6.07) is 0.107. The molecule has 1 aliphatic rings. The van der Waals surface area contributed by atoms with E-state index in [2.05, 4.69) is 19.2 Å². The third-order valence-corrected chi connectivity index (χ3v) is 4.16. The van der Waals surface area contributed by atoms with Gasteiger partial charge in [-0.05, 0) is 24.7 Å². The number of carbonyl (C=O) groups excluding carboxylic acids is 2. The average molecular weight is 269 g/mol. The van der Waals surface area contributed by atoms with E-state index in [1.807, 2.05) is 0 Å². The van der Waals surface area contributed by atoms with Crippen molar-refractivity contribution in [3.8, 4) is 0 Å². The second kappa shape index (κ2) is 6.89. The summed E-state index contributed by atoms with van der Waals surface area (Å²) in [6.45, 7) is 4.66. The lowest BCUT2D eigenvalue weighted by atomic mass is 9.72. The molecule has 0 bridgehead atoms. The van der Waals surface area contributed by atoms with Crippen molar-refractivity contribution in [1.29, 1.82) is 0 Å². The normalized spacial score (nSPS) is 30.8.